The lowest BCUT2D eigenvalue weighted by molar-refractivity contribution is 0.392. The van der Waals surface area contributed by atoms with Crippen LogP contribution >= 0.6 is 0 Å². The fourth-order valence-electron chi connectivity index (χ4n) is 2.49. The summed E-state index contributed by atoms with van der Waals surface area (Å²) in [6, 6.07) is 9.92. The van der Waals surface area contributed by atoms with Gasteiger partial charge in [0.1, 0.15) is 0 Å². The molecule has 1 N–H and O–H groups in total. The minimum absolute atomic E-state index is 0.148. The van der Waals surface area contributed by atoms with E-state index in [1.54, 1.807) is 18.2 Å². The summed E-state index contributed by atoms with van der Waals surface area (Å²) in [6.45, 7) is 2.04. The Morgan fingerprint density at radius 2 is 1.74 bits per heavy atom. The van der Waals surface area contributed by atoms with Gasteiger partial charge >= 0.3 is 0 Å². The van der Waals surface area contributed by atoms with Crippen molar-refractivity contribution in [1.29, 1.82) is 0 Å². The van der Waals surface area contributed by atoms with Crippen LogP contribution in [-0.4, -0.2) is 38.8 Å². The summed E-state index contributed by atoms with van der Waals surface area (Å²) >= 11 is 0. The van der Waals surface area contributed by atoms with Crippen LogP contribution < -0.4 is 14.4 Å². The molecular weight excluding hydrogens is 316 g/mol. The molecule has 7 nitrogen and oxygen atoms in total. The fraction of sp³-hybridized carbons (Fsp3) is 0.333. The third kappa shape index (κ3) is 3.53. The van der Waals surface area contributed by atoms with Crippen molar-refractivity contribution in [1.82, 2.24) is 10.2 Å². The molecule has 1 aliphatic heterocycles. The molecule has 0 spiro atoms. The summed E-state index contributed by atoms with van der Waals surface area (Å²) in [5, 5.41) is 7.50. The zero-order valence-corrected chi connectivity index (χ0v) is 13.6. The molecular formula is C15H18N4O3S. The summed E-state index contributed by atoms with van der Waals surface area (Å²) in [4.78, 5) is 2.44. The van der Waals surface area contributed by atoms with E-state index in [0.29, 0.717) is 5.88 Å². The van der Waals surface area contributed by atoms with Crippen LogP contribution in [0.5, 0.6) is 5.88 Å². The van der Waals surface area contributed by atoms with Gasteiger partial charge in [-0.05, 0) is 43.2 Å². The molecule has 0 atom stereocenters. The molecule has 3 rings (SSSR count). The number of methoxy groups -OCH3 is 1. The predicted octanol–water partition coefficient (Wildman–Crippen LogP) is 1.89. The molecule has 2 aromatic rings. The SMILES string of the molecule is COc1ccc(NS(=O)(=O)c2ccc(N3CCCC3)cc2)nn1. The van der Waals surface area contributed by atoms with E-state index in [9.17, 15) is 8.42 Å². The third-order valence-corrected chi connectivity index (χ3v) is 5.08. The maximum absolute atomic E-state index is 12.4. The Labute approximate surface area is 135 Å². The van der Waals surface area contributed by atoms with Crippen LogP contribution in [0.4, 0.5) is 11.5 Å². The van der Waals surface area contributed by atoms with Crippen molar-refractivity contribution in [3.8, 4) is 5.88 Å². The number of benzene rings is 1. The number of ether oxygens (including phenoxy) is 1. The van der Waals surface area contributed by atoms with Gasteiger partial charge in [0, 0.05) is 24.8 Å². The van der Waals surface area contributed by atoms with E-state index in [1.165, 1.54) is 26.0 Å². The summed E-state index contributed by atoms with van der Waals surface area (Å²) in [5.74, 6) is 0.470. The minimum atomic E-state index is -3.69. The highest BCUT2D eigenvalue weighted by Gasteiger charge is 2.17. The summed E-state index contributed by atoms with van der Waals surface area (Å²) in [7, 11) is -2.22. The Hall–Kier alpha value is -2.35. The molecule has 0 aliphatic carbocycles. The lowest BCUT2D eigenvalue weighted by atomic mass is 10.3. The molecule has 122 valence electrons. The molecule has 0 bridgehead atoms. The standard InChI is InChI=1S/C15H18N4O3S/c1-22-15-9-8-14(16-17-15)18-23(20,21)13-6-4-12(5-7-13)19-10-2-3-11-19/h4-9H,2-3,10-11H2,1H3,(H,16,18). The van der Waals surface area contributed by atoms with Crippen LogP contribution in [0, 0.1) is 0 Å². The van der Waals surface area contributed by atoms with E-state index in [4.69, 9.17) is 4.74 Å². The first kappa shape index (κ1) is 15.5. The number of nitrogens with one attached hydrogen (secondary N) is 1. The highest BCUT2D eigenvalue weighted by Crippen LogP contribution is 2.23. The first-order valence-corrected chi connectivity index (χ1v) is 8.82. The number of anilines is 2. The van der Waals surface area contributed by atoms with E-state index >= 15 is 0 Å². The monoisotopic (exact) mass is 334 g/mol. The van der Waals surface area contributed by atoms with Crippen LogP contribution in [0.25, 0.3) is 0 Å². The average Bonchev–Trinajstić information content (AvgIpc) is 3.10. The van der Waals surface area contributed by atoms with Gasteiger partial charge in [-0.15, -0.1) is 10.2 Å². The van der Waals surface area contributed by atoms with Gasteiger partial charge in [-0.2, -0.15) is 0 Å². The number of nitrogens with zero attached hydrogens (tertiary/aromatic N) is 3. The van der Waals surface area contributed by atoms with Gasteiger partial charge in [0.15, 0.2) is 5.82 Å². The number of aromatic nitrogens is 2. The largest absolute Gasteiger partial charge is 0.480 e. The van der Waals surface area contributed by atoms with Crippen molar-refractivity contribution in [2.24, 2.45) is 0 Å². The van der Waals surface area contributed by atoms with Crippen LogP contribution in [0.15, 0.2) is 41.3 Å². The van der Waals surface area contributed by atoms with Crippen LogP contribution in [0.3, 0.4) is 0 Å². The zero-order valence-electron chi connectivity index (χ0n) is 12.8. The van der Waals surface area contributed by atoms with Gasteiger partial charge in [0.25, 0.3) is 10.0 Å². The summed E-state index contributed by atoms with van der Waals surface area (Å²) in [6.07, 6.45) is 2.36. The Bertz CT molecular complexity index is 754. The number of sulfonamides is 1. The molecule has 23 heavy (non-hydrogen) atoms. The van der Waals surface area contributed by atoms with E-state index < -0.39 is 10.0 Å². The molecule has 0 radical (unpaired) electrons. The van der Waals surface area contributed by atoms with Crippen molar-refractivity contribution in [3.05, 3.63) is 36.4 Å². The molecule has 2 heterocycles. The van der Waals surface area contributed by atoms with Crippen LogP contribution in [-0.2, 0) is 10.0 Å². The molecule has 0 amide bonds. The number of rotatable bonds is 5. The Morgan fingerprint density at radius 3 is 2.30 bits per heavy atom. The molecule has 1 saturated heterocycles. The average molecular weight is 334 g/mol. The first-order valence-electron chi connectivity index (χ1n) is 7.34. The Morgan fingerprint density at radius 1 is 1.04 bits per heavy atom. The van der Waals surface area contributed by atoms with E-state index in [-0.39, 0.29) is 10.7 Å². The van der Waals surface area contributed by atoms with E-state index in [2.05, 4.69) is 19.8 Å². The molecule has 1 aromatic heterocycles. The lowest BCUT2D eigenvalue weighted by Gasteiger charge is -2.17. The van der Waals surface area contributed by atoms with Gasteiger partial charge in [0.2, 0.25) is 5.88 Å². The third-order valence-electron chi connectivity index (χ3n) is 3.71. The number of hydrogen-bond acceptors (Lipinski definition) is 6. The van der Waals surface area contributed by atoms with Gasteiger partial charge in [0.05, 0.1) is 12.0 Å². The highest BCUT2D eigenvalue weighted by molar-refractivity contribution is 7.92. The fourth-order valence-corrected chi connectivity index (χ4v) is 3.49. The molecule has 1 aliphatic rings. The predicted molar refractivity (Wildman–Crippen MR) is 87.3 cm³/mol. The highest BCUT2D eigenvalue weighted by atomic mass is 32.2. The van der Waals surface area contributed by atoms with Crippen molar-refractivity contribution in [2.45, 2.75) is 17.7 Å². The van der Waals surface area contributed by atoms with Crippen molar-refractivity contribution in [2.75, 3.05) is 29.8 Å². The quantitative estimate of drug-likeness (QED) is 0.899. The lowest BCUT2D eigenvalue weighted by Crippen LogP contribution is -2.18. The smallest absolute Gasteiger partial charge is 0.263 e. The van der Waals surface area contributed by atoms with Crippen LogP contribution in [0.2, 0.25) is 0 Å². The van der Waals surface area contributed by atoms with Gasteiger partial charge < -0.3 is 9.64 Å². The Kier molecular flexibility index (Phi) is 4.33. The molecule has 1 fully saturated rings. The number of hydrogen-bond donors (Lipinski definition) is 1. The first-order chi connectivity index (χ1) is 11.1. The van der Waals surface area contributed by atoms with Crippen molar-refractivity contribution >= 4 is 21.5 Å². The summed E-state index contributed by atoms with van der Waals surface area (Å²) in [5.41, 5.74) is 1.05. The van der Waals surface area contributed by atoms with Gasteiger partial charge in [-0.3, -0.25) is 4.72 Å². The van der Waals surface area contributed by atoms with E-state index in [0.717, 1.165) is 18.8 Å². The maximum Gasteiger partial charge on any atom is 0.263 e. The topological polar surface area (TPSA) is 84.4 Å². The van der Waals surface area contributed by atoms with Gasteiger partial charge in [-0.25, -0.2) is 8.42 Å². The second-order valence-corrected chi connectivity index (χ2v) is 6.94. The minimum Gasteiger partial charge on any atom is -0.480 e. The zero-order chi connectivity index (χ0) is 16.3. The molecule has 0 saturated carbocycles. The Balaban J connectivity index is 1.75. The van der Waals surface area contributed by atoms with Gasteiger partial charge in [-0.1, -0.05) is 0 Å². The second-order valence-electron chi connectivity index (χ2n) is 5.25. The molecule has 8 heteroatoms. The normalized spacial score (nSPS) is 14.7. The summed E-state index contributed by atoms with van der Waals surface area (Å²) < 4.78 is 32.0. The maximum atomic E-state index is 12.4. The van der Waals surface area contributed by atoms with Crippen LogP contribution in [0.1, 0.15) is 12.8 Å². The van der Waals surface area contributed by atoms with Crippen molar-refractivity contribution < 1.29 is 13.2 Å². The second kappa shape index (κ2) is 6.41. The van der Waals surface area contributed by atoms with E-state index in [1.807, 2.05) is 12.1 Å². The molecule has 1 aromatic carbocycles. The molecule has 0 unspecified atom stereocenters. The van der Waals surface area contributed by atoms with Crippen molar-refractivity contribution in [3.63, 3.8) is 0 Å².